The van der Waals surface area contributed by atoms with Crippen molar-refractivity contribution in [1.82, 2.24) is 4.98 Å². The van der Waals surface area contributed by atoms with Crippen molar-refractivity contribution >= 4 is 0 Å². The normalized spacial score (nSPS) is 12.2. The Kier molecular flexibility index (Phi) is 3.32. The lowest BCUT2D eigenvalue weighted by Gasteiger charge is -2.14. The standard InChI is InChI=1S/C8H7F5N2O/c9-7(10)6-3(8(11,12)13)1-5(16)15-4(6)2-14/h1,7H,2,14H2,(H,15,16). The molecule has 0 aromatic carbocycles. The predicted molar refractivity (Wildman–Crippen MR) is 44.9 cm³/mol. The zero-order valence-electron chi connectivity index (χ0n) is 7.74. The first-order valence-electron chi connectivity index (χ1n) is 4.09. The molecule has 0 radical (unpaired) electrons. The van der Waals surface area contributed by atoms with Crippen molar-refractivity contribution in [3.63, 3.8) is 0 Å². The van der Waals surface area contributed by atoms with Crippen molar-refractivity contribution < 1.29 is 22.0 Å². The van der Waals surface area contributed by atoms with E-state index < -0.39 is 41.5 Å². The van der Waals surface area contributed by atoms with Crippen LogP contribution in [-0.2, 0) is 12.7 Å². The average Bonchev–Trinajstić information content (AvgIpc) is 2.14. The minimum atomic E-state index is -5.01. The number of H-pyrrole nitrogens is 1. The van der Waals surface area contributed by atoms with E-state index in [9.17, 15) is 26.7 Å². The Balaban J connectivity index is 3.58. The van der Waals surface area contributed by atoms with Gasteiger partial charge in [0.05, 0.1) is 11.1 Å². The molecule has 0 amide bonds. The van der Waals surface area contributed by atoms with E-state index in [0.29, 0.717) is 0 Å². The van der Waals surface area contributed by atoms with Gasteiger partial charge in [0.2, 0.25) is 5.56 Å². The fraction of sp³-hybridized carbons (Fsp3) is 0.375. The van der Waals surface area contributed by atoms with E-state index in [0.717, 1.165) is 0 Å². The molecule has 0 saturated carbocycles. The number of aromatic amines is 1. The molecule has 3 nitrogen and oxygen atoms in total. The molecule has 1 rings (SSSR count). The SMILES string of the molecule is NCc1[nH]c(=O)cc(C(F)(F)F)c1C(F)F. The summed E-state index contributed by atoms with van der Waals surface area (Å²) in [6.45, 7) is -0.598. The van der Waals surface area contributed by atoms with Crippen LogP contribution in [0.25, 0.3) is 0 Å². The fourth-order valence-corrected chi connectivity index (χ4v) is 1.27. The third-order valence-electron chi connectivity index (χ3n) is 1.89. The summed E-state index contributed by atoms with van der Waals surface area (Å²) >= 11 is 0. The lowest BCUT2D eigenvalue weighted by atomic mass is 10.1. The van der Waals surface area contributed by atoms with Gasteiger partial charge in [0.1, 0.15) is 0 Å². The molecule has 16 heavy (non-hydrogen) atoms. The number of pyridine rings is 1. The van der Waals surface area contributed by atoms with Gasteiger partial charge in [0, 0.05) is 18.3 Å². The van der Waals surface area contributed by atoms with Crippen molar-refractivity contribution in [3.8, 4) is 0 Å². The Morgan fingerprint density at radius 3 is 2.31 bits per heavy atom. The van der Waals surface area contributed by atoms with Gasteiger partial charge in [-0.2, -0.15) is 13.2 Å². The second-order valence-electron chi connectivity index (χ2n) is 2.94. The number of nitrogens with one attached hydrogen (secondary N) is 1. The molecule has 90 valence electrons. The number of aromatic nitrogens is 1. The van der Waals surface area contributed by atoms with Crippen molar-refractivity contribution in [1.29, 1.82) is 0 Å². The summed E-state index contributed by atoms with van der Waals surface area (Å²) in [5.41, 5.74) is 0.367. The molecule has 3 N–H and O–H groups in total. The Morgan fingerprint density at radius 1 is 1.38 bits per heavy atom. The highest BCUT2D eigenvalue weighted by molar-refractivity contribution is 5.33. The Hall–Kier alpha value is -1.44. The van der Waals surface area contributed by atoms with Crippen LogP contribution < -0.4 is 11.3 Å². The second kappa shape index (κ2) is 4.20. The van der Waals surface area contributed by atoms with Crippen LogP contribution in [0.2, 0.25) is 0 Å². The molecule has 8 heteroatoms. The highest BCUT2D eigenvalue weighted by Gasteiger charge is 2.37. The maximum absolute atomic E-state index is 12.5. The van der Waals surface area contributed by atoms with Gasteiger partial charge in [0.15, 0.2) is 0 Å². The van der Waals surface area contributed by atoms with Crippen LogP contribution in [0.15, 0.2) is 10.9 Å². The Labute approximate surface area is 86.1 Å². The monoisotopic (exact) mass is 242 g/mol. The van der Waals surface area contributed by atoms with E-state index in [2.05, 4.69) is 0 Å². The highest BCUT2D eigenvalue weighted by atomic mass is 19.4. The van der Waals surface area contributed by atoms with Crippen LogP contribution >= 0.6 is 0 Å². The summed E-state index contributed by atoms with van der Waals surface area (Å²) in [6, 6.07) is 0.0979. The molecule has 0 fully saturated rings. The smallest absolute Gasteiger partial charge is 0.325 e. The Bertz CT molecular complexity index is 437. The zero-order chi connectivity index (χ0) is 12.5. The summed E-state index contributed by atoms with van der Waals surface area (Å²) in [6.07, 6.45) is -8.36. The Morgan fingerprint density at radius 2 is 1.94 bits per heavy atom. The third kappa shape index (κ3) is 2.38. The van der Waals surface area contributed by atoms with Crippen molar-refractivity contribution in [2.45, 2.75) is 19.1 Å². The summed E-state index contributed by atoms with van der Waals surface area (Å²) < 4.78 is 62.1. The molecule has 1 heterocycles. The molecule has 0 aliphatic heterocycles. The van der Waals surface area contributed by atoms with Gasteiger partial charge in [-0.25, -0.2) is 8.78 Å². The molecular formula is C8H7F5N2O. The maximum atomic E-state index is 12.5. The molecule has 0 unspecified atom stereocenters. The first-order chi connectivity index (χ1) is 7.27. The van der Waals surface area contributed by atoms with Gasteiger partial charge >= 0.3 is 6.18 Å². The van der Waals surface area contributed by atoms with Crippen molar-refractivity contribution in [2.75, 3.05) is 0 Å². The molecular weight excluding hydrogens is 235 g/mol. The van der Waals surface area contributed by atoms with Crippen LogP contribution in [0.5, 0.6) is 0 Å². The van der Waals surface area contributed by atoms with Gasteiger partial charge in [0.25, 0.3) is 6.43 Å². The number of hydrogen-bond acceptors (Lipinski definition) is 2. The van der Waals surface area contributed by atoms with E-state index in [4.69, 9.17) is 5.73 Å². The average molecular weight is 242 g/mol. The quantitative estimate of drug-likeness (QED) is 0.777. The molecule has 0 aliphatic rings. The van der Waals surface area contributed by atoms with Crippen LogP contribution in [0.4, 0.5) is 22.0 Å². The van der Waals surface area contributed by atoms with Crippen LogP contribution in [0, 0.1) is 0 Å². The molecule has 0 saturated heterocycles. The maximum Gasteiger partial charge on any atom is 0.417 e. The first-order valence-corrected chi connectivity index (χ1v) is 4.09. The minimum Gasteiger partial charge on any atom is -0.325 e. The lowest BCUT2D eigenvalue weighted by Crippen LogP contribution is -2.21. The molecule has 0 bridgehead atoms. The van der Waals surface area contributed by atoms with Gasteiger partial charge in [-0.05, 0) is 0 Å². The highest BCUT2D eigenvalue weighted by Crippen LogP contribution is 2.36. The summed E-state index contributed by atoms with van der Waals surface area (Å²) in [5, 5.41) is 0. The van der Waals surface area contributed by atoms with Crippen molar-refractivity contribution in [2.24, 2.45) is 5.73 Å². The summed E-state index contributed by atoms with van der Waals surface area (Å²) in [4.78, 5) is 12.7. The summed E-state index contributed by atoms with van der Waals surface area (Å²) in [7, 11) is 0. The fourth-order valence-electron chi connectivity index (χ4n) is 1.27. The van der Waals surface area contributed by atoms with E-state index in [1.165, 1.54) is 0 Å². The minimum absolute atomic E-state index is 0.0979. The third-order valence-corrected chi connectivity index (χ3v) is 1.89. The first kappa shape index (κ1) is 12.6. The van der Waals surface area contributed by atoms with E-state index >= 15 is 0 Å². The van der Waals surface area contributed by atoms with Gasteiger partial charge < -0.3 is 10.7 Å². The zero-order valence-corrected chi connectivity index (χ0v) is 7.74. The van der Waals surface area contributed by atoms with Crippen LogP contribution in [-0.4, -0.2) is 4.98 Å². The second-order valence-corrected chi connectivity index (χ2v) is 2.94. The van der Waals surface area contributed by atoms with Gasteiger partial charge in [-0.3, -0.25) is 4.79 Å². The molecule has 0 spiro atoms. The number of nitrogens with two attached hydrogens (primary N) is 1. The predicted octanol–water partition coefficient (Wildman–Crippen LogP) is 1.79. The molecule has 0 atom stereocenters. The van der Waals surface area contributed by atoms with E-state index in [1.807, 2.05) is 4.98 Å². The van der Waals surface area contributed by atoms with Crippen LogP contribution in [0.1, 0.15) is 23.2 Å². The molecule has 1 aromatic rings. The van der Waals surface area contributed by atoms with Crippen molar-refractivity contribution in [3.05, 3.63) is 33.2 Å². The number of rotatable bonds is 2. The van der Waals surface area contributed by atoms with Gasteiger partial charge in [-0.1, -0.05) is 0 Å². The topological polar surface area (TPSA) is 58.9 Å². The van der Waals surface area contributed by atoms with E-state index in [1.54, 1.807) is 0 Å². The molecule has 1 aromatic heterocycles. The number of halogens is 5. The largest absolute Gasteiger partial charge is 0.417 e. The molecule has 0 aliphatic carbocycles. The van der Waals surface area contributed by atoms with Gasteiger partial charge in [-0.15, -0.1) is 0 Å². The van der Waals surface area contributed by atoms with E-state index in [-0.39, 0.29) is 6.07 Å². The number of alkyl halides is 5. The lowest BCUT2D eigenvalue weighted by molar-refractivity contribution is -0.139. The summed E-state index contributed by atoms with van der Waals surface area (Å²) in [5.74, 6) is 0. The number of hydrogen-bond donors (Lipinski definition) is 2. The van der Waals surface area contributed by atoms with Crippen LogP contribution in [0.3, 0.4) is 0 Å².